The fraction of sp³-hybridized carbons (Fsp3) is 0.625. The van der Waals surface area contributed by atoms with Crippen LogP contribution in [-0.4, -0.2) is 54.9 Å². The van der Waals surface area contributed by atoms with Crippen LogP contribution in [0.3, 0.4) is 0 Å². The summed E-state index contributed by atoms with van der Waals surface area (Å²) in [5.41, 5.74) is 4.65. The van der Waals surface area contributed by atoms with Gasteiger partial charge in [-0.25, -0.2) is 0 Å². The van der Waals surface area contributed by atoms with Crippen LogP contribution in [0, 0.1) is 0 Å². The van der Waals surface area contributed by atoms with E-state index in [1.807, 2.05) is 190 Å². The fourth-order valence-corrected chi connectivity index (χ4v) is 6.70. The summed E-state index contributed by atoms with van der Waals surface area (Å²) in [6, 6.07) is 13.4. The van der Waals surface area contributed by atoms with Crippen LogP contribution in [0.1, 0.15) is 211 Å². The second-order valence-electron chi connectivity index (χ2n) is 27.4. The van der Waals surface area contributed by atoms with Gasteiger partial charge in [0.2, 0.25) is 0 Å². The maximum atomic E-state index is 11.8. The Bertz CT molecular complexity index is 2050. The molecule has 0 aliphatic rings. The Labute approximate surface area is 597 Å². The smallest absolute Gasteiger partial charge is 0.873 e. The molecule has 0 aromatic heterocycles. The van der Waals surface area contributed by atoms with E-state index < -0.39 is 23.0 Å². The molecule has 0 heterocycles. The van der Waals surface area contributed by atoms with Gasteiger partial charge in [-0.05, 0) is 65.6 Å². The van der Waals surface area contributed by atoms with Crippen molar-refractivity contribution in [1.82, 2.24) is 0 Å². The number of rotatable bonds is 6. The van der Waals surface area contributed by atoms with Crippen LogP contribution in [0.25, 0.3) is 0 Å². The van der Waals surface area contributed by atoms with Gasteiger partial charge in [-0.2, -0.15) is 0 Å². The molecule has 4 rings (SSSR count). The Hall–Kier alpha value is -0.361. The number of ether oxygens (including phenoxy) is 4. The number of methoxy groups -OCH3 is 4. The molecule has 0 N–H and O–H groups in total. The monoisotopic (exact) mass is 1340 g/mol. The van der Waals surface area contributed by atoms with Gasteiger partial charge in [0, 0.05) is 28.4 Å². The van der Waals surface area contributed by atoms with Crippen LogP contribution in [0.15, 0.2) is 48.5 Å². The van der Waals surface area contributed by atoms with Crippen molar-refractivity contribution in [3.8, 4) is 46.0 Å². The van der Waals surface area contributed by atoms with Crippen LogP contribution >= 0.6 is 0 Å². The van der Waals surface area contributed by atoms with Crippen LogP contribution in [-0.2, 0) is 101 Å². The van der Waals surface area contributed by atoms with Crippen molar-refractivity contribution in [3.63, 3.8) is 0 Å². The maximum absolute atomic E-state index is 11.8. The normalized spacial score (nSPS) is 11.7. The molecule has 16 heteroatoms. The van der Waals surface area contributed by atoms with Gasteiger partial charge in [0.15, 0.2) is 0 Å². The predicted molar refractivity (Wildman–Crippen MR) is 298 cm³/mol. The summed E-state index contributed by atoms with van der Waals surface area (Å²) in [7, 11) is 6.61. The molecule has 0 amide bonds. The zero-order chi connectivity index (χ0) is 60.6. The average molecular weight is 1340 g/mol. The molecule has 12 nitrogen and oxygen atoms in total. The molecule has 0 bridgehead atoms. The van der Waals surface area contributed by atoms with Gasteiger partial charge in [-0.3, -0.25) is 0 Å². The van der Waals surface area contributed by atoms with Gasteiger partial charge < -0.3 is 59.8 Å². The standard InChI is InChI=1S/4C14H22O2.2C4H10O2.2K.2Ru/c4*1-13(2,3)9-7-10(14(4,5)6)12(16)11(15)8-9;2*1-5-3-4-6-2;;;;/h4*7-8,15-16H,1-6H3;2*3-4H2,1-2H3;;;;/q;;;;;;2*+1;2*+3/p-8. The summed E-state index contributed by atoms with van der Waals surface area (Å²) >= 11 is 0. The molecule has 0 saturated carbocycles. The van der Waals surface area contributed by atoms with E-state index in [9.17, 15) is 40.9 Å². The number of hydrogen-bond donors (Lipinski definition) is 0. The van der Waals surface area contributed by atoms with Gasteiger partial charge in [0.1, 0.15) is 0 Å². The molecule has 0 fully saturated rings. The Morgan fingerprint density at radius 2 is 0.375 bits per heavy atom. The molecular formula is C64H100K2O12Ru2. The van der Waals surface area contributed by atoms with Crippen molar-refractivity contribution < 1.29 is 202 Å². The van der Waals surface area contributed by atoms with Crippen molar-refractivity contribution in [2.24, 2.45) is 0 Å². The first-order valence-electron chi connectivity index (χ1n) is 26.0. The Morgan fingerprint density at radius 3 is 0.463 bits per heavy atom. The van der Waals surface area contributed by atoms with Gasteiger partial charge >= 0.3 is 142 Å². The first-order valence-corrected chi connectivity index (χ1v) is 26.0. The zero-order valence-corrected chi connectivity index (χ0v) is 64.8. The Kier molecular flexibility index (Phi) is 43.2. The molecule has 0 aliphatic heterocycles. The van der Waals surface area contributed by atoms with Crippen LogP contribution in [0.4, 0.5) is 0 Å². The summed E-state index contributed by atoms with van der Waals surface area (Å²) in [4.78, 5) is 0. The fourth-order valence-electron chi connectivity index (χ4n) is 6.70. The van der Waals surface area contributed by atoms with Gasteiger partial charge in [0.25, 0.3) is 0 Å². The quantitative estimate of drug-likeness (QED) is 0.195. The van der Waals surface area contributed by atoms with Gasteiger partial charge in [-0.15, -0.1) is 46.0 Å². The molecule has 0 aliphatic carbocycles. The zero-order valence-electron chi connectivity index (χ0n) is 55.1. The van der Waals surface area contributed by atoms with Crippen LogP contribution in [0.5, 0.6) is 46.0 Å². The Morgan fingerprint density at radius 1 is 0.250 bits per heavy atom. The Balaban J connectivity index is -0.000000210. The van der Waals surface area contributed by atoms with E-state index in [0.29, 0.717) is 48.7 Å². The van der Waals surface area contributed by atoms with Gasteiger partial charge in [0.05, 0.1) is 26.4 Å². The number of hydrogen-bond acceptors (Lipinski definition) is 12. The number of benzene rings is 4. The van der Waals surface area contributed by atoms with Crippen molar-refractivity contribution >= 4 is 0 Å². The van der Waals surface area contributed by atoms with Crippen molar-refractivity contribution in [2.75, 3.05) is 54.9 Å². The molecule has 80 heavy (non-hydrogen) atoms. The van der Waals surface area contributed by atoms with Gasteiger partial charge in [-0.1, -0.05) is 237 Å². The average Bonchev–Trinajstić information content (AvgIpc) is 3.23. The van der Waals surface area contributed by atoms with E-state index in [1.165, 1.54) is 24.3 Å². The minimum absolute atomic E-state index is 0. The van der Waals surface area contributed by atoms with Crippen molar-refractivity contribution in [1.29, 1.82) is 0 Å². The second kappa shape index (κ2) is 38.0. The van der Waals surface area contributed by atoms with E-state index in [-0.39, 0.29) is 208 Å². The maximum Gasteiger partial charge on any atom is 3.00 e. The topological polar surface area (TPSA) is 221 Å². The summed E-state index contributed by atoms with van der Waals surface area (Å²) in [6.07, 6.45) is 0. The predicted octanol–water partition coefficient (Wildman–Crippen LogP) is 4.28. The largest absolute Gasteiger partial charge is 3.00 e. The second-order valence-corrected chi connectivity index (χ2v) is 27.4. The molecule has 446 valence electrons. The third-order valence-corrected chi connectivity index (χ3v) is 11.9. The molecule has 2 radical (unpaired) electrons. The molecule has 4 aromatic rings. The van der Waals surface area contributed by atoms with E-state index in [0.717, 1.165) is 22.3 Å². The van der Waals surface area contributed by atoms with Crippen LogP contribution in [0.2, 0.25) is 0 Å². The minimum atomic E-state index is -0.391. The van der Waals surface area contributed by atoms with E-state index >= 15 is 0 Å². The molecule has 0 unspecified atom stereocenters. The van der Waals surface area contributed by atoms with Crippen LogP contribution < -0.4 is 144 Å². The van der Waals surface area contributed by atoms with E-state index in [4.69, 9.17) is 0 Å². The minimum Gasteiger partial charge on any atom is -0.873 e. The summed E-state index contributed by atoms with van der Waals surface area (Å²) in [6.45, 7) is 50.7. The molecule has 0 atom stereocenters. The van der Waals surface area contributed by atoms with Crippen molar-refractivity contribution in [2.45, 2.75) is 209 Å². The summed E-state index contributed by atoms with van der Waals surface area (Å²) in [5.74, 6) is -3.01. The molecule has 4 aromatic carbocycles. The first-order chi connectivity index (χ1) is 34.0. The first kappa shape index (κ1) is 90.8. The molecule has 0 spiro atoms. The third kappa shape index (κ3) is 33.0. The summed E-state index contributed by atoms with van der Waals surface area (Å²) in [5, 5.41) is 93.7. The molecular weight excluding hydrogens is 1240 g/mol. The van der Waals surface area contributed by atoms with E-state index in [2.05, 4.69) is 18.9 Å². The van der Waals surface area contributed by atoms with Crippen molar-refractivity contribution in [3.05, 3.63) is 93.0 Å². The molecule has 0 saturated heterocycles. The SMILES string of the molecule is CC(C)(C)c1cc([O-])c([O-])c(C(C)(C)C)c1.CC(C)(C)c1cc([O-])c([O-])c(C(C)(C)C)c1.CC(C)(C)c1cc([O-])c([O-])c(C(C)(C)C)c1.CC(C)(C)c1cc([O-])c([O-])c(C(C)(C)C)c1.COCCOC.COCCOC.[K+].[K+].[Ru+3].[Ru+3]. The third-order valence-electron chi connectivity index (χ3n) is 11.9. The van der Waals surface area contributed by atoms with E-state index in [1.54, 1.807) is 28.4 Å². The summed E-state index contributed by atoms with van der Waals surface area (Å²) < 4.78 is 18.6.